The van der Waals surface area contributed by atoms with Crippen molar-refractivity contribution in [3.63, 3.8) is 0 Å². The van der Waals surface area contributed by atoms with E-state index in [2.05, 4.69) is 35.1 Å². The Morgan fingerprint density at radius 1 is 1.17 bits per heavy atom. The van der Waals surface area contributed by atoms with Crippen LogP contribution in [0.25, 0.3) is 5.82 Å². The molecular formula is C22H13Cl2F5N8O4. The van der Waals surface area contributed by atoms with Gasteiger partial charge in [-0.25, -0.2) is 9.67 Å². The number of alkyl halides is 5. The largest absolute Gasteiger partial charge is 0.586 e. The van der Waals surface area contributed by atoms with Crippen molar-refractivity contribution in [2.45, 2.75) is 25.4 Å². The lowest BCUT2D eigenvalue weighted by atomic mass is 10.1. The predicted molar refractivity (Wildman–Crippen MR) is 133 cm³/mol. The van der Waals surface area contributed by atoms with Gasteiger partial charge in [-0.2, -0.15) is 33.6 Å². The Kier molecular flexibility index (Phi) is 6.94. The van der Waals surface area contributed by atoms with Crippen LogP contribution < -0.4 is 20.5 Å². The highest BCUT2D eigenvalue weighted by atomic mass is 35.5. The number of nitrogens with two attached hydrogens (primary N) is 1. The normalized spacial score (nSPS) is 15.6. The molecule has 2 amide bonds. The van der Waals surface area contributed by atoms with Crippen LogP contribution in [0.2, 0.25) is 10.0 Å². The first kappa shape index (κ1) is 28.0. The van der Waals surface area contributed by atoms with Gasteiger partial charge in [0.1, 0.15) is 23.5 Å². The summed E-state index contributed by atoms with van der Waals surface area (Å²) in [5, 5.41) is 14.1. The number of rotatable bonds is 6. The number of amides is 2. The van der Waals surface area contributed by atoms with Crippen LogP contribution in [-0.2, 0) is 6.54 Å². The fourth-order valence-corrected chi connectivity index (χ4v) is 4.22. The number of pyridine rings is 1. The van der Waals surface area contributed by atoms with Crippen LogP contribution in [0.4, 0.5) is 27.6 Å². The van der Waals surface area contributed by atoms with Gasteiger partial charge in [0.15, 0.2) is 17.3 Å². The zero-order valence-corrected chi connectivity index (χ0v) is 21.4. The van der Waals surface area contributed by atoms with Crippen molar-refractivity contribution in [2.75, 3.05) is 5.32 Å². The Labute approximate surface area is 235 Å². The first-order chi connectivity index (χ1) is 19.2. The van der Waals surface area contributed by atoms with E-state index >= 15 is 0 Å². The molecule has 2 aromatic heterocycles. The molecule has 0 aliphatic carbocycles. The number of primary amides is 1. The number of anilines is 1. The summed E-state index contributed by atoms with van der Waals surface area (Å²) in [7, 11) is 0. The van der Waals surface area contributed by atoms with Gasteiger partial charge >= 0.3 is 12.5 Å². The van der Waals surface area contributed by atoms with Crippen molar-refractivity contribution in [1.29, 1.82) is 0 Å². The molecular weight excluding hydrogens is 606 g/mol. The minimum atomic E-state index is -4.69. The van der Waals surface area contributed by atoms with Crippen LogP contribution in [0, 0.1) is 0 Å². The molecule has 0 bridgehead atoms. The van der Waals surface area contributed by atoms with Crippen LogP contribution in [0.3, 0.4) is 0 Å². The quantitative estimate of drug-likeness (QED) is 0.390. The monoisotopic (exact) mass is 618 g/mol. The first-order valence-corrected chi connectivity index (χ1v) is 11.9. The molecule has 0 spiro atoms. The molecule has 1 aromatic carbocycles. The Morgan fingerprint density at radius 3 is 2.61 bits per heavy atom. The highest BCUT2D eigenvalue weighted by Crippen LogP contribution is 2.48. The molecule has 0 unspecified atom stereocenters. The topological polar surface area (TPSA) is 149 Å². The second-order valence-electron chi connectivity index (χ2n) is 8.24. The number of ether oxygens (including phenoxy) is 2. The Bertz CT molecular complexity index is 1640. The highest BCUT2D eigenvalue weighted by Gasteiger charge is 2.46. The van der Waals surface area contributed by atoms with E-state index in [0.29, 0.717) is 0 Å². The van der Waals surface area contributed by atoms with Gasteiger partial charge in [0.05, 0.1) is 21.4 Å². The molecule has 3 N–H and O–H groups in total. The van der Waals surface area contributed by atoms with Crippen molar-refractivity contribution in [3.8, 4) is 17.3 Å². The van der Waals surface area contributed by atoms with Crippen LogP contribution in [0.5, 0.6) is 11.5 Å². The summed E-state index contributed by atoms with van der Waals surface area (Å²) < 4.78 is 76.4. The number of hydrazone groups is 2. The SMILES string of the molecule is NC(=O)c1c(NC(=O)c2cc(CN3N=CCC(C(F)(F)F)=N3)nn2-c2ncccc2Cl)c(Cl)cc2c1OC(F)(F)O2. The summed E-state index contributed by atoms with van der Waals surface area (Å²) in [4.78, 5) is 29.7. The minimum Gasteiger partial charge on any atom is -0.395 e. The molecule has 2 aliphatic heterocycles. The van der Waals surface area contributed by atoms with Crippen molar-refractivity contribution < 1.29 is 41.0 Å². The van der Waals surface area contributed by atoms with Crippen molar-refractivity contribution in [2.24, 2.45) is 15.9 Å². The van der Waals surface area contributed by atoms with Gasteiger partial charge < -0.3 is 20.5 Å². The summed E-state index contributed by atoms with van der Waals surface area (Å²) in [5.74, 6) is -3.73. The molecule has 214 valence electrons. The number of nitrogens with zero attached hydrogens (tertiary/aromatic N) is 6. The zero-order chi connectivity index (χ0) is 29.7. The van der Waals surface area contributed by atoms with Crippen LogP contribution in [0.15, 0.2) is 40.7 Å². The summed E-state index contributed by atoms with van der Waals surface area (Å²) in [6.07, 6.45) is -7.02. The maximum Gasteiger partial charge on any atom is 0.586 e. The minimum absolute atomic E-state index is 0.00672. The maximum atomic E-state index is 13.7. The number of fused-ring (bicyclic) bond motifs is 1. The van der Waals surface area contributed by atoms with Gasteiger partial charge in [-0.1, -0.05) is 23.2 Å². The van der Waals surface area contributed by atoms with Gasteiger partial charge in [0.25, 0.3) is 11.8 Å². The van der Waals surface area contributed by atoms with E-state index in [-0.39, 0.29) is 22.2 Å². The van der Waals surface area contributed by atoms with Gasteiger partial charge in [0.2, 0.25) is 0 Å². The van der Waals surface area contributed by atoms with Gasteiger partial charge in [-0.05, 0) is 18.2 Å². The van der Waals surface area contributed by atoms with Gasteiger partial charge in [-0.15, -0.1) is 8.78 Å². The van der Waals surface area contributed by atoms with E-state index in [1.54, 1.807) is 0 Å². The molecule has 2 aliphatic rings. The molecule has 41 heavy (non-hydrogen) atoms. The van der Waals surface area contributed by atoms with E-state index < -0.39 is 70.7 Å². The van der Waals surface area contributed by atoms with Crippen LogP contribution >= 0.6 is 23.2 Å². The number of hydrogen-bond acceptors (Lipinski definition) is 9. The molecule has 0 radical (unpaired) electrons. The smallest absolute Gasteiger partial charge is 0.395 e. The molecule has 12 nitrogen and oxygen atoms in total. The van der Waals surface area contributed by atoms with Crippen molar-refractivity contribution in [1.82, 2.24) is 19.9 Å². The second kappa shape index (κ2) is 10.2. The zero-order valence-electron chi connectivity index (χ0n) is 19.9. The number of nitrogens with one attached hydrogen (secondary N) is 1. The van der Waals surface area contributed by atoms with Crippen LogP contribution in [-0.4, -0.2) is 56.1 Å². The second-order valence-corrected chi connectivity index (χ2v) is 9.05. The lowest BCUT2D eigenvalue weighted by Gasteiger charge is -2.19. The predicted octanol–water partition coefficient (Wildman–Crippen LogP) is 4.36. The molecule has 19 heteroatoms. The van der Waals surface area contributed by atoms with Crippen LogP contribution in [0.1, 0.15) is 33.0 Å². The van der Waals surface area contributed by atoms with Gasteiger partial charge in [-0.3, -0.25) is 9.59 Å². The fraction of sp³-hybridized carbons (Fsp3) is 0.182. The average Bonchev–Trinajstić information content (AvgIpc) is 3.43. The summed E-state index contributed by atoms with van der Waals surface area (Å²) in [6.45, 7) is -0.416. The van der Waals surface area contributed by atoms with E-state index in [4.69, 9.17) is 28.9 Å². The van der Waals surface area contributed by atoms with E-state index in [1.807, 2.05) is 0 Å². The number of carbonyl (C=O) groups excluding carboxylic acids is 2. The summed E-state index contributed by atoms with van der Waals surface area (Å²) >= 11 is 12.4. The number of carbonyl (C=O) groups is 2. The third kappa shape index (κ3) is 5.58. The maximum absolute atomic E-state index is 13.7. The number of aromatic nitrogens is 3. The van der Waals surface area contributed by atoms with Crippen molar-refractivity contribution >= 4 is 52.6 Å². The number of hydrogen-bond donors (Lipinski definition) is 2. The molecule has 0 fully saturated rings. The molecule has 0 saturated carbocycles. The van der Waals surface area contributed by atoms with Gasteiger partial charge in [0, 0.05) is 24.9 Å². The standard InChI is InChI=1S/C22H13Cl2F5N8O4/c23-10-2-1-4-31-19(10)37-12(6-9(34-37)8-36-32-5-3-14(35-36)21(25,26)27)20(39)33-16-11(24)7-13-17(15(16)18(30)38)41-22(28,29)40-13/h1-2,4-7H,3,8H2,(H2,30,38)(H,33,39). The summed E-state index contributed by atoms with van der Waals surface area (Å²) in [6, 6.07) is 4.96. The molecule has 5 rings (SSSR count). The molecule has 3 aromatic rings. The Balaban J connectivity index is 1.54. The molecule has 0 saturated heterocycles. The summed E-state index contributed by atoms with van der Waals surface area (Å²) in [5.41, 5.74) is 2.75. The lowest BCUT2D eigenvalue weighted by molar-refractivity contribution is -0.286. The lowest BCUT2D eigenvalue weighted by Crippen LogP contribution is -2.29. The van der Waals surface area contributed by atoms with E-state index in [9.17, 15) is 31.5 Å². The highest BCUT2D eigenvalue weighted by molar-refractivity contribution is 6.35. The number of benzene rings is 1. The van der Waals surface area contributed by atoms with Crippen molar-refractivity contribution in [3.05, 3.63) is 57.5 Å². The first-order valence-electron chi connectivity index (χ1n) is 11.1. The average molecular weight is 619 g/mol. The Hall–Kier alpha value is -4.51. The Morgan fingerprint density at radius 2 is 1.93 bits per heavy atom. The van der Waals surface area contributed by atoms with E-state index in [0.717, 1.165) is 28.1 Å². The van der Waals surface area contributed by atoms with E-state index in [1.165, 1.54) is 18.3 Å². The fourth-order valence-electron chi connectivity index (χ4n) is 3.77. The molecule has 4 heterocycles. The third-order valence-corrected chi connectivity index (χ3v) is 6.02. The third-order valence-electron chi connectivity index (χ3n) is 5.43. The number of halogens is 7. The molecule has 0 atom stereocenters.